The van der Waals surface area contributed by atoms with E-state index in [2.05, 4.69) is 5.32 Å². The van der Waals surface area contributed by atoms with Crippen LogP contribution in [0.2, 0.25) is 10.0 Å². The molecule has 136 valence electrons. The Morgan fingerprint density at radius 3 is 2.40 bits per heavy atom. The first-order valence-corrected chi connectivity index (χ1v) is 8.34. The number of carbonyl (C=O) groups is 3. The number of imide groups is 1. The van der Waals surface area contributed by atoms with E-state index in [1.807, 2.05) is 0 Å². The number of urea groups is 1. The van der Waals surface area contributed by atoms with Crippen LogP contribution < -0.4 is 10.1 Å². The fraction of sp³-hybridized carbons (Fsp3) is 0.438. The third-order valence-electron chi connectivity index (χ3n) is 3.50. The van der Waals surface area contributed by atoms with Crippen LogP contribution in [0.5, 0.6) is 5.75 Å². The maximum atomic E-state index is 12.0. The van der Waals surface area contributed by atoms with Gasteiger partial charge in [-0.05, 0) is 26.0 Å². The smallest absolute Gasteiger partial charge is 0.325 e. The number of rotatable bonds is 7. The molecule has 1 heterocycles. The zero-order valence-corrected chi connectivity index (χ0v) is 15.3. The molecule has 2 rings (SSSR count). The molecular formula is C16H18Cl2N2O5. The molecular weight excluding hydrogens is 371 g/mol. The standard InChI is InChI=1S/C16H18Cl2N2O5/c1-16(2)14(22)20(15(23)19-16)7-6-12(21)24-8-9-25-13-10(17)4-3-5-11(13)18/h3-5H,6-9H2,1-2H3,(H,19,23). The quantitative estimate of drug-likeness (QED) is 0.440. The van der Waals surface area contributed by atoms with E-state index in [4.69, 9.17) is 32.7 Å². The molecule has 1 aromatic carbocycles. The van der Waals surface area contributed by atoms with Crippen LogP contribution in [-0.2, 0) is 14.3 Å². The zero-order valence-electron chi connectivity index (χ0n) is 13.8. The van der Waals surface area contributed by atoms with Crippen molar-refractivity contribution in [3.05, 3.63) is 28.2 Å². The summed E-state index contributed by atoms with van der Waals surface area (Å²) in [6.07, 6.45) is -0.0951. The van der Waals surface area contributed by atoms with Crippen molar-refractivity contribution in [1.29, 1.82) is 0 Å². The lowest BCUT2D eigenvalue weighted by Crippen LogP contribution is -2.40. The van der Waals surface area contributed by atoms with Gasteiger partial charge in [0.25, 0.3) is 5.91 Å². The Labute approximate surface area is 155 Å². The number of amides is 3. The number of esters is 1. The van der Waals surface area contributed by atoms with E-state index in [0.29, 0.717) is 15.8 Å². The van der Waals surface area contributed by atoms with E-state index >= 15 is 0 Å². The summed E-state index contributed by atoms with van der Waals surface area (Å²) in [6, 6.07) is 4.44. The molecule has 1 saturated heterocycles. The second-order valence-corrected chi connectivity index (χ2v) is 6.70. The van der Waals surface area contributed by atoms with Gasteiger partial charge in [-0.2, -0.15) is 0 Å². The molecule has 25 heavy (non-hydrogen) atoms. The number of nitrogens with zero attached hydrogens (tertiary/aromatic N) is 1. The monoisotopic (exact) mass is 388 g/mol. The molecule has 1 N–H and O–H groups in total. The number of hydrogen-bond donors (Lipinski definition) is 1. The largest absolute Gasteiger partial charge is 0.487 e. The second kappa shape index (κ2) is 7.93. The topological polar surface area (TPSA) is 84.9 Å². The Hall–Kier alpha value is -1.99. The minimum Gasteiger partial charge on any atom is -0.487 e. The first-order valence-electron chi connectivity index (χ1n) is 7.59. The summed E-state index contributed by atoms with van der Waals surface area (Å²) in [5, 5.41) is 3.26. The molecule has 9 heteroatoms. The molecule has 0 bridgehead atoms. The maximum absolute atomic E-state index is 12.0. The van der Waals surface area contributed by atoms with Crippen molar-refractivity contribution in [3.63, 3.8) is 0 Å². The molecule has 7 nitrogen and oxygen atoms in total. The Morgan fingerprint density at radius 1 is 1.20 bits per heavy atom. The average Bonchev–Trinajstić information content (AvgIpc) is 2.72. The lowest BCUT2D eigenvalue weighted by molar-refractivity contribution is -0.144. The Balaban J connectivity index is 1.71. The maximum Gasteiger partial charge on any atom is 0.325 e. The fourth-order valence-electron chi connectivity index (χ4n) is 2.22. The van der Waals surface area contributed by atoms with Crippen molar-refractivity contribution >= 4 is 41.1 Å². The normalized spacial score (nSPS) is 15.9. The number of carbonyl (C=O) groups excluding carboxylic acids is 3. The van der Waals surface area contributed by atoms with Crippen molar-refractivity contribution in [2.45, 2.75) is 25.8 Å². The summed E-state index contributed by atoms with van der Waals surface area (Å²) in [7, 11) is 0. The number of para-hydroxylation sites is 1. The van der Waals surface area contributed by atoms with E-state index in [1.54, 1.807) is 32.0 Å². The molecule has 0 atom stereocenters. The molecule has 3 amide bonds. The molecule has 0 unspecified atom stereocenters. The van der Waals surface area contributed by atoms with Crippen molar-refractivity contribution in [2.75, 3.05) is 19.8 Å². The minimum absolute atomic E-state index is 0.00792. The van der Waals surface area contributed by atoms with Gasteiger partial charge < -0.3 is 14.8 Å². The van der Waals surface area contributed by atoms with Crippen LogP contribution in [0, 0.1) is 0 Å². The molecule has 1 aliphatic rings. The van der Waals surface area contributed by atoms with Gasteiger partial charge in [0.15, 0.2) is 5.75 Å². The van der Waals surface area contributed by atoms with Gasteiger partial charge >= 0.3 is 12.0 Å². The summed E-state index contributed by atoms with van der Waals surface area (Å²) in [5.74, 6) is -0.593. The highest BCUT2D eigenvalue weighted by atomic mass is 35.5. The molecule has 0 radical (unpaired) electrons. The summed E-state index contributed by atoms with van der Waals surface area (Å²) in [4.78, 5) is 36.4. The highest BCUT2D eigenvalue weighted by Crippen LogP contribution is 2.32. The fourth-order valence-corrected chi connectivity index (χ4v) is 2.72. The van der Waals surface area contributed by atoms with Crippen molar-refractivity contribution in [1.82, 2.24) is 10.2 Å². The molecule has 0 aliphatic carbocycles. The molecule has 1 aliphatic heterocycles. The van der Waals surface area contributed by atoms with Crippen LogP contribution in [0.3, 0.4) is 0 Å². The van der Waals surface area contributed by atoms with Crippen LogP contribution in [0.1, 0.15) is 20.3 Å². The van der Waals surface area contributed by atoms with E-state index in [-0.39, 0.29) is 32.1 Å². The lowest BCUT2D eigenvalue weighted by Gasteiger charge is -2.15. The molecule has 0 saturated carbocycles. The SMILES string of the molecule is CC1(C)NC(=O)N(CCC(=O)OCCOc2c(Cl)cccc2Cl)C1=O. The van der Waals surface area contributed by atoms with Gasteiger partial charge in [-0.3, -0.25) is 14.5 Å². The number of halogens is 2. The van der Waals surface area contributed by atoms with Gasteiger partial charge in [0.1, 0.15) is 18.8 Å². The van der Waals surface area contributed by atoms with Crippen LogP contribution in [-0.4, -0.2) is 48.1 Å². The Morgan fingerprint density at radius 2 is 1.84 bits per heavy atom. The number of hydrogen-bond acceptors (Lipinski definition) is 5. The highest BCUT2D eigenvalue weighted by Gasteiger charge is 2.44. The molecule has 1 aromatic rings. The van der Waals surface area contributed by atoms with Gasteiger partial charge in [0.2, 0.25) is 0 Å². The summed E-state index contributed by atoms with van der Waals surface area (Å²) in [6.45, 7) is 3.23. The van der Waals surface area contributed by atoms with Crippen molar-refractivity contribution < 1.29 is 23.9 Å². The highest BCUT2D eigenvalue weighted by molar-refractivity contribution is 6.37. The van der Waals surface area contributed by atoms with Crippen LogP contribution in [0.25, 0.3) is 0 Å². The minimum atomic E-state index is -0.955. The van der Waals surface area contributed by atoms with Gasteiger partial charge in [-0.15, -0.1) is 0 Å². The summed E-state index contributed by atoms with van der Waals surface area (Å²) >= 11 is 11.9. The summed E-state index contributed by atoms with van der Waals surface area (Å²) < 4.78 is 10.4. The molecule has 1 fully saturated rings. The van der Waals surface area contributed by atoms with E-state index in [0.717, 1.165) is 4.90 Å². The number of ether oxygens (including phenoxy) is 2. The average molecular weight is 389 g/mol. The predicted molar refractivity (Wildman–Crippen MR) is 91.9 cm³/mol. The van der Waals surface area contributed by atoms with Crippen LogP contribution >= 0.6 is 23.2 Å². The van der Waals surface area contributed by atoms with E-state index < -0.39 is 17.5 Å². The van der Waals surface area contributed by atoms with Gasteiger partial charge in [-0.25, -0.2) is 4.79 Å². The van der Waals surface area contributed by atoms with Gasteiger partial charge in [-0.1, -0.05) is 29.3 Å². The lowest BCUT2D eigenvalue weighted by atomic mass is 10.1. The third kappa shape index (κ3) is 4.76. The van der Waals surface area contributed by atoms with E-state index in [1.165, 1.54) is 0 Å². The number of benzene rings is 1. The molecule has 0 aromatic heterocycles. The van der Waals surface area contributed by atoms with Crippen LogP contribution in [0.15, 0.2) is 18.2 Å². The predicted octanol–water partition coefficient (Wildman–Crippen LogP) is 2.64. The molecule has 0 spiro atoms. The van der Waals surface area contributed by atoms with Crippen molar-refractivity contribution in [2.24, 2.45) is 0 Å². The first-order chi connectivity index (χ1) is 11.7. The second-order valence-electron chi connectivity index (χ2n) is 5.88. The van der Waals surface area contributed by atoms with Crippen molar-refractivity contribution in [3.8, 4) is 5.75 Å². The van der Waals surface area contributed by atoms with Crippen LogP contribution in [0.4, 0.5) is 4.79 Å². The van der Waals surface area contributed by atoms with E-state index in [9.17, 15) is 14.4 Å². The Kier molecular flexibility index (Phi) is 6.13. The Bertz CT molecular complexity index is 673. The number of nitrogens with one attached hydrogen (secondary N) is 1. The summed E-state index contributed by atoms with van der Waals surface area (Å²) in [5.41, 5.74) is -0.955. The first kappa shape index (κ1) is 19.3. The van der Waals surface area contributed by atoms with Gasteiger partial charge in [0.05, 0.1) is 16.5 Å². The zero-order chi connectivity index (χ0) is 18.6. The third-order valence-corrected chi connectivity index (χ3v) is 4.09. The van der Waals surface area contributed by atoms with Gasteiger partial charge in [0, 0.05) is 6.54 Å².